The molecule has 3 heterocycles. The van der Waals surface area contributed by atoms with Gasteiger partial charge in [-0.3, -0.25) is 23.9 Å². The number of hydrogen-bond donors (Lipinski definition) is 2. The molecule has 35 heavy (non-hydrogen) atoms. The van der Waals surface area contributed by atoms with Crippen LogP contribution in [-0.4, -0.2) is 44.3 Å². The van der Waals surface area contributed by atoms with E-state index in [1.165, 1.54) is 4.57 Å². The Hall–Kier alpha value is -3.75. The second kappa shape index (κ2) is 10.2. The number of hydrogen-bond acceptors (Lipinski definition) is 5. The lowest BCUT2D eigenvalue weighted by Crippen LogP contribution is -2.32. The molecule has 9 heteroatoms. The average molecular weight is 478 g/mol. The minimum Gasteiger partial charge on any atom is -0.339 e. The number of likely N-dealkylation sites (tertiary alicyclic amines) is 1. The number of aryl methyl sites for hydroxylation is 1. The van der Waals surface area contributed by atoms with Gasteiger partial charge in [0.2, 0.25) is 0 Å². The van der Waals surface area contributed by atoms with Crippen LogP contribution in [0.3, 0.4) is 0 Å². The van der Waals surface area contributed by atoms with E-state index in [-0.39, 0.29) is 28.4 Å². The molecule has 1 aliphatic heterocycles. The zero-order chi connectivity index (χ0) is 25.1. The van der Waals surface area contributed by atoms with Gasteiger partial charge in [0.15, 0.2) is 5.65 Å². The number of carbonyl (C=O) groups is 2. The van der Waals surface area contributed by atoms with Crippen LogP contribution in [0.5, 0.6) is 0 Å². The van der Waals surface area contributed by atoms with Crippen molar-refractivity contribution in [3.05, 3.63) is 68.0 Å². The monoisotopic (exact) mass is 477 g/mol. The lowest BCUT2D eigenvalue weighted by Gasteiger charge is -2.20. The summed E-state index contributed by atoms with van der Waals surface area (Å²) in [6.07, 6.45) is 4.33. The highest BCUT2D eigenvalue weighted by atomic mass is 16.2. The number of carbonyl (C=O) groups excluding carboxylic acids is 2. The third kappa shape index (κ3) is 5.03. The van der Waals surface area contributed by atoms with Gasteiger partial charge in [0.25, 0.3) is 17.4 Å². The van der Waals surface area contributed by atoms with Gasteiger partial charge in [0.1, 0.15) is 0 Å². The van der Waals surface area contributed by atoms with E-state index in [1.54, 1.807) is 37.3 Å². The number of pyridine rings is 1. The molecule has 2 amide bonds. The molecule has 1 aliphatic rings. The van der Waals surface area contributed by atoms with Gasteiger partial charge in [-0.25, -0.2) is 9.78 Å². The van der Waals surface area contributed by atoms with E-state index >= 15 is 0 Å². The van der Waals surface area contributed by atoms with Crippen molar-refractivity contribution in [1.82, 2.24) is 19.4 Å². The predicted octanol–water partition coefficient (Wildman–Crippen LogP) is 3.50. The second-order valence-corrected chi connectivity index (χ2v) is 9.19. The highest BCUT2D eigenvalue weighted by Gasteiger charge is 2.21. The molecule has 0 bridgehead atoms. The molecule has 184 valence electrons. The number of anilines is 1. The topological polar surface area (TPSA) is 117 Å². The van der Waals surface area contributed by atoms with Gasteiger partial charge >= 0.3 is 5.69 Å². The fraction of sp³-hybridized carbons (Fsp3) is 0.423. The van der Waals surface area contributed by atoms with Crippen LogP contribution in [0.25, 0.3) is 11.0 Å². The fourth-order valence-electron chi connectivity index (χ4n) is 4.41. The van der Waals surface area contributed by atoms with Crippen LogP contribution in [0.4, 0.5) is 5.69 Å². The maximum atomic E-state index is 13.3. The summed E-state index contributed by atoms with van der Waals surface area (Å²) in [6, 6.07) is 8.37. The van der Waals surface area contributed by atoms with Crippen molar-refractivity contribution in [2.45, 2.75) is 58.9 Å². The Labute approximate surface area is 203 Å². The lowest BCUT2D eigenvalue weighted by molar-refractivity contribution is 0.0761. The number of rotatable bonds is 5. The largest absolute Gasteiger partial charge is 0.339 e. The summed E-state index contributed by atoms with van der Waals surface area (Å²) in [6.45, 7) is 7.46. The smallest absolute Gasteiger partial charge is 0.329 e. The normalized spacial score (nSPS) is 14.2. The van der Waals surface area contributed by atoms with Crippen molar-refractivity contribution >= 4 is 28.5 Å². The van der Waals surface area contributed by atoms with E-state index in [0.717, 1.165) is 38.8 Å². The molecule has 0 aliphatic carbocycles. The van der Waals surface area contributed by atoms with Crippen molar-refractivity contribution in [2.24, 2.45) is 0 Å². The zero-order valence-corrected chi connectivity index (χ0v) is 20.4. The quantitative estimate of drug-likeness (QED) is 0.583. The Morgan fingerprint density at radius 2 is 1.71 bits per heavy atom. The standard InChI is InChI=1S/C26H31N5O4/c1-4-31-22-21(24(33)29-26(31)35)19(15-20(28-22)16(2)3)23(32)27-18-11-9-17(10-12-18)25(34)30-13-7-5-6-8-14-30/h9-12,15-16H,4-8,13-14H2,1-3H3,(H,27,32)(H,29,33,35). The number of nitrogens with one attached hydrogen (secondary N) is 2. The molecule has 2 N–H and O–H groups in total. The molecule has 0 saturated carbocycles. The number of aromatic nitrogens is 3. The summed E-state index contributed by atoms with van der Waals surface area (Å²) in [5, 5.41) is 2.89. The molecule has 1 fully saturated rings. The van der Waals surface area contributed by atoms with Gasteiger partial charge < -0.3 is 10.2 Å². The van der Waals surface area contributed by atoms with E-state index < -0.39 is 17.2 Å². The van der Waals surface area contributed by atoms with Crippen LogP contribution >= 0.6 is 0 Å². The summed E-state index contributed by atoms with van der Waals surface area (Å²) in [4.78, 5) is 59.8. The molecule has 1 saturated heterocycles. The number of nitrogens with zero attached hydrogens (tertiary/aromatic N) is 3. The maximum Gasteiger partial charge on any atom is 0.329 e. The molecule has 0 unspecified atom stereocenters. The molecule has 3 aromatic rings. The molecule has 0 radical (unpaired) electrons. The molecular formula is C26H31N5O4. The van der Waals surface area contributed by atoms with E-state index in [4.69, 9.17) is 0 Å². The number of fused-ring (bicyclic) bond motifs is 1. The van der Waals surface area contributed by atoms with Gasteiger partial charge in [-0.15, -0.1) is 0 Å². The Morgan fingerprint density at radius 3 is 2.31 bits per heavy atom. The summed E-state index contributed by atoms with van der Waals surface area (Å²) in [7, 11) is 0. The first-order chi connectivity index (χ1) is 16.8. The maximum absolute atomic E-state index is 13.3. The summed E-state index contributed by atoms with van der Waals surface area (Å²) in [5.41, 5.74) is 0.801. The van der Waals surface area contributed by atoms with Crippen LogP contribution in [0, 0.1) is 0 Å². The Morgan fingerprint density at radius 1 is 1.06 bits per heavy atom. The average Bonchev–Trinajstić information content (AvgIpc) is 3.13. The first-order valence-electron chi connectivity index (χ1n) is 12.2. The van der Waals surface area contributed by atoms with Gasteiger partial charge in [-0.05, 0) is 56.0 Å². The summed E-state index contributed by atoms with van der Waals surface area (Å²) < 4.78 is 1.35. The summed E-state index contributed by atoms with van der Waals surface area (Å²) >= 11 is 0. The Bertz CT molecular complexity index is 1360. The van der Waals surface area contributed by atoms with E-state index in [1.807, 2.05) is 18.7 Å². The van der Waals surface area contributed by atoms with Crippen LogP contribution in [0.2, 0.25) is 0 Å². The van der Waals surface area contributed by atoms with Crippen LogP contribution in [0.15, 0.2) is 39.9 Å². The van der Waals surface area contributed by atoms with Gasteiger partial charge in [-0.2, -0.15) is 0 Å². The number of benzene rings is 1. The lowest BCUT2D eigenvalue weighted by atomic mass is 10.0. The minimum atomic E-state index is -0.652. The molecule has 2 aromatic heterocycles. The Kier molecular flexibility index (Phi) is 7.14. The molecule has 0 spiro atoms. The molecule has 0 atom stereocenters. The van der Waals surface area contributed by atoms with Gasteiger partial charge in [0.05, 0.1) is 10.9 Å². The van der Waals surface area contributed by atoms with Crippen molar-refractivity contribution in [1.29, 1.82) is 0 Å². The third-order valence-corrected chi connectivity index (χ3v) is 6.40. The van der Waals surface area contributed by atoms with E-state index in [9.17, 15) is 19.2 Å². The van der Waals surface area contributed by atoms with Gasteiger partial charge in [-0.1, -0.05) is 26.7 Å². The first-order valence-corrected chi connectivity index (χ1v) is 12.2. The van der Waals surface area contributed by atoms with Crippen LogP contribution in [-0.2, 0) is 6.54 Å². The number of aromatic amines is 1. The van der Waals surface area contributed by atoms with Crippen LogP contribution < -0.4 is 16.6 Å². The number of H-pyrrole nitrogens is 1. The highest BCUT2D eigenvalue weighted by molar-refractivity contribution is 6.12. The van der Waals surface area contributed by atoms with Crippen molar-refractivity contribution < 1.29 is 9.59 Å². The van der Waals surface area contributed by atoms with Crippen molar-refractivity contribution in [2.75, 3.05) is 18.4 Å². The van der Waals surface area contributed by atoms with Crippen molar-refractivity contribution in [3.63, 3.8) is 0 Å². The highest BCUT2D eigenvalue weighted by Crippen LogP contribution is 2.22. The van der Waals surface area contributed by atoms with E-state index in [2.05, 4.69) is 15.3 Å². The predicted molar refractivity (Wildman–Crippen MR) is 135 cm³/mol. The third-order valence-electron chi connectivity index (χ3n) is 6.40. The first kappa shape index (κ1) is 24.4. The van der Waals surface area contributed by atoms with E-state index in [0.29, 0.717) is 23.5 Å². The summed E-state index contributed by atoms with van der Waals surface area (Å²) in [5.74, 6) is -0.511. The van der Waals surface area contributed by atoms with Crippen LogP contribution in [0.1, 0.15) is 78.8 Å². The minimum absolute atomic E-state index is 0.00412. The zero-order valence-electron chi connectivity index (χ0n) is 20.4. The fourth-order valence-corrected chi connectivity index (χ4v) is 4.41. The molecular weight excluding hydrogens is 446 g/mol. The molecule has 4 rings (SSSR count). The van der Waals surface area contributed by atoms with Gasteiger partial charge in [0, 0.05) is 36.6 Å². The van der Waals surface area contributed by atoms with Crippen molar-refractivity contribution in [3.8, 4) is 0 Å². The SMILES string of the molecule is CCn1c(=O)[nH]c(=O)c2c(C(=O)Nc3ccc(C(=O)N4CCCCCC4)cc3)cc(C(C)C)nc21. The molecule has 1 aromatic carbocycles. The Balaban J connectivity index is 1.65. The second-order valence-electron chi connectivity index (χ2n) is 9.19. The number of amides is 2. The molecule has 9 nitrogen and oxygen atoms in total.